The highest BCUT2D eigenvalue weighted by Crippen LogP contribution is 2.07. The first-order chi connectivity index (χ1) is 13.1. The van der Waals surface area contributed by atoms with Gasteiger partial charge in [-0.15, -0.1) is 0 Å². The summed E-state index contributed by atoms with van der Waals surface area (Å²) >= 11 is 0. The fourth-order valence-corrected chi connectivity index (χ4v) is 2.53. The zero-order chi connectivity index (χ0) is 19.1. The molecule has 1 atom stereocenters. The smallest absolute Gasteiger partial charge is 0.271 e. The lowest BCUT2D eigenvalue weighted by atomic mass is 10.3. The lowest BCUT2D eigenvalue weighted by molar-refractivity contribution is 0.0928. The van der Waals surface area contributed by atoms with Gasteiger partial charge in [-0.05, 0) is 31.2 Å². The van der Waals surface area contributed by atoms with Gasteiger partial charge in [-0.3, -0.25) is 14.3 Å². The van der Waals surface area contributed by atoms with E-state index in [1.807, 2.05) is 49.5 Å². The van der Waals surface area contributed by atoms with Crippen LogP contribution in [0.1, 0.15) is 17.4 Å². The molecule has 0 spiro atoms. The van der Waals surface area contributed by atoms with E-state index in [9.17, 15) is 9.59 Å². The number of rotatable bonds is 8. The molecule has 2 aromatic heterocycles. The van der Waals surface area contributed by atoms with Gasteiger partial charge >= 0.3 is 0 Å². The molecule has 3 aromatic rings. The van der Waals surface area contributed by atoms with Crippen molar-refractivity contribution >= 4 is 5.91 Å². The minimum atomic E-state index is -0.340. The van der Waals surface area contributed by atoms with Gasteiger partial charge < -0.3 is 10.1 Å². The van der Waals surface area contributed by atoms with Gasteiger partial charge in [0, 0.05) is 24.5 Å². The van der Waals surface area contributed by atoms with Gasteiger partial charge in [-0.1, -0.05) is 18.2 Å². The van der Waals surface area contributed by atoms with Crippen LogP contribution >= 0.6 is 0 Å². The maximum atomic E-state index is 12.4. The third kappa shape index (κ3) is 5.27. The number of carbonyl (C=O) groups excluding carboxylic acids is 1. The predicted octanol–water partition coefficient (Wildman–Crippen LogP) is 1.34. The minimum Gasteiger partial charge on any atom is -0.492 e. The fourth-order valence-electron chi connectivity index (χ4n) is 2.53. The number of nitrogens with one attached hydrogen (secondary N) is 1. The largest absolute Gasteiger partial charge is 0.492 e. The number of aromatic nitrogens is 4. The highest BCUT2D eigenvalue weighted by molar-refractivity contribution is 5.92. The molecule has 0 aliphatic carbocycles. The third-order valence-corrected chi connectivity index (χ3v) is 3.81. The summed E-state index contributed by atoms with van der Waals surface area (Å²) in [5, 5.41) is 11.1. The standard InChI is InChI=1S/C19H21N5O3/c1-15(14-23-11-5-10-20-23)21-19(26)17-8-9-18(25)24(22-17)12-13-27-16-6-3-2-4-7-16/h2-11,15H,12-14H2,1H3,(H,21,26)/t15-/m0/s1. The summed E-state index contributed by atoms with van der Waals surface area (Å²) in [4.78, 5) is 24.4. The van der Waals surface area contributed by atoms with Crippen molar-refractivity contribution in [3.8, 4) is 5.75 Å². The Hall–Kier alpha value is -3.42. The van der Waals surface area contributed by atoms with Gasteiger partial charge in [0.05, 0.1) is 13.1 Å². The molecule has 27 heavy (non-hydrogen) atoms. The molecular weight excluding hydrogens is 346 g/mol. The van der Waals surface area contributed by atoms with Crippen molar-refractivity contribution in [2.24, 2.45) is 0 Å². The number of ether oxygens (including phenoxy) is 1. The first-order valence-corrected chi connectivity index (χ1v) is 8.66. The average Bonchev–Trinajstić information content (AvgIpc) is 3.17. The van der Waals surface area contributed by atoms with Crippen LogP contribution in [0.2, 0.25) is 0 Å². The molecule has 3 rings (SSSR count). The first-order valence-electron chi connectivity index (χ1n) is 8.66. The van der Waals surface area contributed by atoms with Gasteiger partial charge in [0.1, 0.15) is 18.1 Å². The van der Waals surface area contributed by atoms with Crippen LogP contribution in [0.5, 0.6) is 5.75 Å². The fraction of sp³-hybridized carbons (Fsp3) is 0.263. The van der Waals surface area contributed by atoms with Crippen molar-refractivity contribution < 1.29 is 9.53 Å². The van der Waals surface area contributed by atoms with Crippen molar-refractivity contribution in [2.75, 3.05) is 6.61 Å². The van der Waals surface area contributed by atoms with E-state index < -0.39 is 0 Å². The Bertz CT molecular complexity index is 922. The Kier molecular flexibility index (Phi) is 5.98. The molecule has 140 valence electrons. The molecule has 2 heterocycles. The molecule has 0 fully saturated rings. The van der Waals surface area contributed by atoms with Crippen LogP contribution < -0.4 is 15.6 Å². The highest BCUT2D eigenvalue weighted by atomic mass is 16.5. The molecule has 1 amide bonds. The van der Waals surface area contributed by atoms with Gasteiger partial charge in [0.25, 0.3) is 11.5 Å². The Labute approximate surface area is 156 Å². The first kappa shape index (κ1) is 18.4. The number of para-hydroxylation sites is 1. The molecule has 1 N–H and O–H groups in total. The van der Waals surface area contributed by atoms with E-state index in [0.717, 1.165) is 0 Å². The van der Waals surface area contributed by atoms with Crippen molar-refractivity contribution in [2.45, 2.75) is 26.1 Å². The van der Waals surface area contributed by atoms with Crippen LogP contribution in [0, 0.1) is 0 Å². The molecule has 1 aromatic carbocycles. The summed E-state index contributed by atoms with van der Waals surface area (Å²) in [7, 11) is 0. The molecule has 0 aliphatic rings. The number of carbonyl (C=O) groups is 1. The summed E-state index contributed by atoms with van der Waals surface area (Å²) in [5.41, 5.74) is -0.102. The molecule has 0 saturated heterocycles. The number of hydrogen-bond donors (Lipinski definition) is 1. The third-order valence-electron chi connectivity index (χ3n) is 3.81. The van der Waals surface area contributed by atoms with Crippen LogP contribution in [-0.4, -0.2) is 38.1 Å². The average molecular weight is 367 g/mol. The minimum absolute atomic E-state index is 0.138. The second-order valence-electron chi connectivity index (χ2n) is 6.04. The van der Waals surface area contributed by atoms with Gasteiger partial charge in [0.15, 0.2) is 0 Å². The molecule has 0 radical (unpaired) electrons. The molecule has 0 unspecified atom stereocenters. The monoisotopic (exact) mass is 367 g/mol. The normalized spacial score (nSPS) is 11.7. The second kappa shape index (κ2) is 8.79. The Morgan fingerprint density at radius 3 is 2.74 bits per heavy atom. The molecule has 0 bridgehead atoms. The van der Waals surface area contributed by atoms with Crippen LogP contribution in [0.3, 0.4) is 0 Å². The van der Waals surface area contributed by atoms with Gasteiger partial charge in [-0.25, -0.2) is 4.68 Å². The number of nitrogens with zero attached hydrogens (tertiary/aromatic N) is 4. The van der Waals surface area contributed by atoms with Crippen molar-refractivity contribution in [3.63, 3.8) is 0 Å². The zero-order valence-electron chi connectivity index (χ0n) is 15.0. The Balaban J connectivity index is 1.58. The second-order valence-corrected chi connectivity index (χ2v) is 6.04. The summed E-state index contributed by atoms with van der Waals surface area (Å²) < 4.78 is 8.55. The Morgan fingerprint density at radius 2 is 2.00 bits per heavy atom. The molecule has 0 aliphatic heterocycles. The summed E-state index contributed by atoms with van der Waals surface area (Å²) in [6, 6.07) is 13.8. The van der Waals surface area contributed by atoms with E-state index in [1.54, 1.807) is 10.9 Å². The maximum absolute atomic E-state index is 12.4. The number of amides is 1. The zero-order valence-corrected chi connectivity index (χ0v) is 15.0. The number of hydrogen-bond acceptors (Lipinski definition) is 5. The van der Waals surface area contributed by atoms with E-state index in [0.29, 0.717) is 12.3 Å². The van der Waals surface area contributed by atoms with Crippen LogP contribution in [0.15, 0.2) is 65.7 Å². The number of benzene rings is 1. The van der Waals surface area contributed by atoms with Crippen LogP contribution in [-0.2, 0) is 13.1 Å². The van der Waals surface area contributed by atoms with Crippen LogP contribution in [0.4, 0.5) is 0 Å². The topological polar surface area (TPSA) is 91.0 Å². The maximum Gasteiger partial charge on any atom is 0.271 e. The highest BCUT2D eigenvalue weighted by Gasteiger charge is 2.13. The van der Waals surface area contributed by atoms with Crippen molar-refractivity contribution in [3.05, 3.63) is 77.0 Å². The Morgan fingerprint density at radius 1 is 1.19 bits per heavy atom. The molecule has 0 saturated carbocycles. The van der Waals surface area contributed by atoms with E-state index in [-0.39, 0.29) is 36.4 Å². The van der Waals surface area contributed by atoms with E-state index in [1.165, 1.54) is 16.8 Å². The van der Waals surface area contributed by atoms with E-state index in [2.05, 4.69) is 15.5 Å². The van der Waals surface area contributed by atoms with Gasteiger partial charge in [0.2, 0.25) is 0 Å². The summed E-state index contributed by atoms with van der Waals surface area (Å²) in [6.45, 7) is 2.95. The summed E-state index contributed by atoms with van der Waals surface area (Å²) in [6.07, 6.45) is 3.51. The van der Waals surface area contributed by atoms with E-state index >= 15 is 0 Å². The van der Waals surface area contributed by atoms with Crippen molar-refractivity contribution in [1.82, 2.24) is 24.9 Å². The lowest BCUT2D eigenvalue weighted by Crippen LogP contribution is -2.37. The molecule has 8 nitrogen and oxygen atoms in total. The SMILES string of the molecule is C[C@@H](Cn1cccn1)NC(=O)c1ccc(=O)n(CCOc2ccccc2)n1. The van der Waals surface area contributed by atoms with Crippen LogP contribution in [0.25, 0.3) is 0 Å². The quantitative estimate of drug-likeness (QED) is 0.649. The van der Waals surface area contributed by atoms with Crippen molar-refractivity contribution in [1.29, 1.82) is 0 Å². The molecule has 8 heteroatoms. The summed E-state index contributed by atoms with van der Waals surface area (Å²) in [5.74, 6) is 0.374. The molecular formula is C19H21N5O3. The predicted molar refractivity (Wildman–Crippen MR) is 99.6 cm³/mol. The van der Waals surface area contributed by atoms with Gasteiger partial charge in [-0.2, -0.15) is 10.2 Å². The lowest BCUT2D eigenvalue weighted by Gasteiger charge is -2.14. The van der Waals surface area contributed by atoms with E-state index in [4.69, 9.17) is 4.74 Å².